The lowest BCUT2D eigenvalue weighted by atomic mass is 10.0. The molecule has 4 nitrogen and oxygen atoms in total. The van der Waals surface area contributed by atoms with Gasteiger partial charge >= 0.3 is 0 Å². The van der Waals surface area contributed by atoms with Crippen molar-refractivity contribution in [2.75, 3.05) is 11.9 Å². The molecular formula is C21H20N2O2S. The van der Waals surface area contributed by atoms with Crippen LogP contribution in [0.15, 0.2) is 41.8 Å². The molecule has 2 aromatic carbocycles. The molecule has 0 atom stereocenters. The maximum atomic E-state index is 12.4. The molecule has 26 heavy (non-hydrogen) atoms. The van der Waals surface area contributed by atoms with Crippen molar-refractivity contribution in [3.05, 3.63) is 64.0 Å². The lowest BCUT2D eigenvalue weighted by molar-refractivity contribution is -0.115. The maximum Gasteiger partial charge on any atom is 0.230 e. The van der Waals surface area contributed by atoms with Gasteiger partial charge in [-0.15, -0.1) is 11.3 Å². The highest BCUT2D eigenvalue weighted by Crippen LogP contribution is 2.29. The number of ether oxygens (including phenoxy) is 1. The van der Waals surface area contributed by atoms with Crippen molar-refractivity contribution in [1.29, 1.82) is 0 Å². The van der Waals surface area contributed by atoms with Crippen LogP contribution in [-0.4, -0.2) is 17.5 Å². The van der Waals surface area contributed by atoms with Gasteiger partial charge in [0.05, 0.1) is 18.7 Å². The van der Waals surface area contributed by atoms with E-state index in [1.807, 2.05) is 17.5 Å². The molecule has 1 amide bonds. The summed E-state index contributed by atoms with van der Waals surface area (Å²) in [5.74, 6) is 0.887. The third-order valence-electron chi connectivity index (χ3n) is 4.53. The standard InChI is InChI=1S/C21H20N2O2S/c1-13-3-5-17(14(2)9-13)18-12-26-21(22-18)23-20(24)11-15-4-6-19-16(10-15)7-8-25-19/h3-6,9-10,12H,7-8,11H2,1-2H3,(H,22,23,24). The Bertz CT molecular complexity index is 978. The minimum Gasteiger partial charge on any atom is -0.493 e. The Morgan fingerprint density at radius 1 is 1.23 bits per heavy atom. The molecule has 2 heterocycles. The van der Waals surface area contributed by atoms with Gasteiger partial charge in [-0.2, -0.15) is 0 Å². The summed E-state index contributed by atoms with van der Waals surface area (Å²) >= 11 is 1.45. The number of benzene rings is 2. The van der Waals surface area contributed by atoms with E-state index < -0.39 is 0 Å². The predicted octanol–water partition coefficient (Wildman–Crippen LogP) is 4.54. The molecule has 1 aliphatic heterocycles. The van der Waals surface area contributed by atoms with Crippen molar-refractivity contribution in [2.45, 2.75) is 26.7 Å². The van der Waals surface area contributed by atoms with Crippen LogP contribution in [0.4, 0.5) is 5.13 Å². The first kappa shape index (κ1) is 16.8. The molecule has 3 aromatic rings. The van der Waals surface area contributed by atoms with Crippen LogP contribution in [-0.2, 0) is 17.6 Å². The van der Waals surface area contributed by atoms with E-state index in [0.29, 0.717) is 11.6 Å². The lowest BCUT2D eigenvalue weighted by Gasteiger charge is -2.05. The van der Waals surface area contributed by atoms with Crippen LogP contribution in [0.25, 0.3) is 11.3 Å². The lowest BCUT2D eigenvalue weighted by Crippen LogP contribution is -2.14. The second-order valence-corrected chi connectivity index (χ2v) is 7.48. The minimum absolute atomic E-state index is 0.0506. The van der Waals surface area contributed by atoms with Crippen molar-refractivity contribution in [1.82, 2.24) is 4.98 Å². The molecule has 132 valence electrons. The quantitative estimate of drug-likeness (QED) is 0.739. The monoisotopic (exact) mass is 364 g/mol. The molecule has 0 bridgehead atoms. The van der Waals surface area contributed by atoms with Crippen LogP contribution < -0.4 is 10.1 Å². The van der Waals surface area contributed by atoms with E-state index in [0.717, 1.165) is 35.6 Å². The summed E-state index contributed by atoms with van der Waals surface area (Å²) < 4.78 is 5.51. The number of aromatic nitrogens is 1. The van der Waals surface area contributed by atoms with E-state index in [-0.39, 0.29) is 5.91 Å². The summed E-state index contributed by atoms with van der Waals surface area (Å²) in [5, 5.41) is 5.54. The van der Waals surface area contributed by atoms with Gasteiger partial charge in [-0.1, -0.05) is 35.9 Å². The fourth-order valence-electron chi connectivity index (χ4n) is 3.25. The zero-order valence-corrected chi connectivity index (χ0v) is 15.7. The zero-order chi connectivity index (χ0) is 18.1. The molecule has 1 N–H and O–H groups in total. The molecule has 0 aliphatic carbocycles. The Labute approximate surface area is 156 Å². The highest BCUT2D eigenvalue weighted by molar-refractivity contribution is 7.14. The summed E-state index contributed by atoms with van der Waals surface area (Å²) in [7, 11) is 0. The Hall–Kier alpha value is -2.66. The summed E-state index contributed by atoms with van der Waals surface area (Å²) in [5.41, 5.74) is 6.60. The Morgan fingerprint density at radius 3 is 2.96 bits per heavy atom. The zero-order valence-electron chi connectivity index (χ0n) is 14.8. The number of rotatable bonds is 4. The molecule has 4 rings (SSSR count). The number of nitrogens with one attached hydrogen (secondary N) is 1. The topological polar surface area (TPSA) is 51.2 Å². The van der Waals surface area contributed by atoms with Crippen molar-refractivity contribution in [3.63, 3.8) is 0 Å². The van der Waals surface area contributed by atoms with Crippen LogP contribution in [0.5, 0.6) is 5.75 Å². The molecule has 0 radical (unpaired) electrons. The van der Waals surface area contributed by atoms with E-state index in [2.05, 4.69) is 48.4 Å². The molecule has 0 spiro atoms. The van der Waals surface area contributed by atoms with Crippen LogP contribution in [0.1, 0.15) is 22.3 Å². The van der Waals surface area contributed by atoms with E-state index in [1.165, 1.54) is 28.0 Å². The van der Waals surface area contributed by atoms with E-state index >= 15 is 0 Å². The average molecular weight is 364 g/mol. The number of aryl methyl sites for hydroxylation is 2. The van der Waals surface area contributed by atoms with Gasteiger partial charge in [0.25, 0.3) is 0 Å². The number of nitrogens with zero attached hydrogens (tertiary/aromatic N) is 1. The average Bonchev–Trinajstić information content (AvgIpc) is 3.23. The number of carbonyl (C=O) groups is 1. The highest BCUT2D eigenvalue weighted by Gasteiger charge is 2.14. The normalized spacial score (nSPS) is 12.5. The van der Waals surface area contributed by atoms with Crippen molar-refractivity contribution in [2.24, 2.45) is 0 Å². The predicted molar refractivity (Wildman–Crippen MR) is 105 cm³/mol. The third kappa shape index (κ3) is 3.48. The Balaban J connectivity index is 1.44. The van der Waals surface area contributed by atoms with Crippen LogP contribution in [0.2, 0.25) is 0 Å². The van der Waals surface area contributed by atoms with Crippen molar-refractivity contribution < 1.29 is 9.53 Å². The molecule has 5 heteroatoms. The summed E-state index contributed by atoms with van der Waals surface area (Å²) in [4.78, 5) is 16.9. The summed E-state index contributed by atoms with van der Waals surface area (Å²) in [6, 6.07) is 12.3. The third-order valence-corrected chi connectivity index (χ3v) is 5.28. The van der Waals surface area contributed by atoms with Gasteiger partial charge in [0, 0.05) is 17.4 Å². The molecule has 0 saturated carbocycles. The van der Waals surface area contributed by atoms with Crippen molar-refractivity contribution >= 4 is 22.4 Å². The van der Waals surface area contributed by atoms with Gasteiger partial charge in [0.1, 0.15) is 5.75 Å². The van der Waals surface area contributed by atoms with Crippen LogP contribution >= 0.6 is 11.3 Å². The first-order chi connectivity index (χ1) is 12.6. The fraction of sp³-hybridized carbons (Fsp3) is 0.238. The number of fused-ring (bicyclic) bond motifs is 1. The van der Waals surface area contributed by atoms with E-state index in [9.17, 15) is 4.79 Å². The highest BCUT2D eigenvalue weighted by atomic mass is 32.1. The first-order valence-corrected chi connectivity index (χ1v) is 9.54. The molecule has 1 aromatic heterocycles. The molecule has 1 aliphatic rings. The van der Waals surface area contributed by atoms with Gasteiger partial charge < -0.3 is 10.1 Å². The van der Waals surface area contributed by atoms with Gasteiger partial charge in [-0.05, 0) is 36.6 Å². The number of anilines is 1. The second-order valence-electron chi connectivity index (χ2n) is 6.62. The summed E-state index contributed by atoms with van der Waals surface area (Å²) in [6.45, 7) is 4.89. The number of thiazole rings is 1. The van der Waals surface area contributed by atoms with Gasteiger partial charge in [-0.25, -0.2) is 4.98 Å². The SMILES string of the molecule is Cc1ccc(-c2csc(NC(=O)Cc3ccc4c(c3)CCO4)n2)c(C)c1. The number of hydrogen-bond donors (Lipinski definition) is 1. The van der Waals surface area contributed by atoms with E-state index in [1.54, 1.807) is 0 Å². The molecular weight excluding hydrogens is 344 g/mol. The Morgan fingerprint density at radius 2 is 2.12 bits per heavy atom. The number of amides is 1. The number of carbonyl (C=O) groups excluding carboxylic acids is 1. The molecule has 0 unspecified atom stereocenters. The van der Waals surface area contributed by atoms with Crippen LogP contribution in [0, 0.1) is 13.8 Å². The fourth-order valence-corrected chi connectivity index (χ4v) is 3.98. The molecule has 0 fully saturated rings. The van der Waals surface area contributed by atoms with Gasteiger partial charge in [-0.3, -0.25) is 4.79 Å². The van der Waals surface area contributed by atoms with Gasteiger partial charge in [0.2, 0.25) is 5.91 Å². The Kier molecular flexibility index (Phi) is 4.47. The van der Waals surface area contributed by atoms with Crippen LogP contribution in [0.3, 0.4) is 0 Å². The number of hydrogen-bond acceptors (Lipinski definition) is 4. The smallest absolute Gasteiger partial charge is 0.230 e. The summed E-state index contributed by atoms with van der Waals surface area (Å²) in [6.07, 6.45) is 1.25. The largest absolute Gasteiger partial charge is 0.493 e. The minimum atomic E-state index is -0.0506. The van der Waals surface area contributed by atoms with Crippen molar-refractivity contribution in [3.8, 4) is 17.0 Å². The van der Waals surface area contributed by atoms with Gasteiger partial charge in [0.15, 0.2) is 5.13 Å². The first-order valence-electron chi connectivity index (χ1n) is 8.66. The molecule has 0 saturated heterocycles. The maximum absolute atomic E-state index is 12.4. The second kappa shape index (κ2) is 6.92. The van der Waals surface area contributed by atoms with E-state index in [4.69, 9.17) is 4.74 Å².